The van der Waals surface area contributed by atoms with Crippen molar-refractivity contribution in [3.63, 3.8) is 0 Å². The number of carbonyl (C=O) groups is 2. The number of hydrogen-bond donors (Lipinski definition) is 0. The lowest BCUT2D eigenvalue weighted by molar-refractivity contribution is -0.160. The molecule has 5 heteroatoms. The Balaban J connectivity index is 1.87. The minimum absolute atomic E-state index is 0.0429. The Morgan fingerprint density at radius 3 is 2.58 bits per heavy atom. The van der Waals surface area contributed by atoms with E-state index >= 15 is 0 Å². The summed E-state index contributed by atoms with van der Waals surface area (Å²) in [5, 5.41) is 1.08. The largest absolute Gasteiger partial charge is 0.467 e. The molecule has 0 N–H and O–H groups in total. The van der Waals surface area contributed by atoms with E-state index in [0.29, 0.717) is 12.8 Å². The van der Waals surface area contributed by atoms with E-state index in [2.05, 4.69) is 0 Å². The number of likely N-dealkylation sites (N-methyl/N-ethyl adjacent to an activating group) is 1. The quantitative estimate of drug-likeness (QED) is 0.811. The molecule has 1 saturated carbocycles. The summed E-state index contributed by atoms with van der Waals surface area (Å²) in [5.41, 5.74) is 1.30. The third-order valence-corrected chi connectivity index (χ3v) is 5.33. The molecule has 128 valence electrons. The monoisotopic (exact) mass is 328 g/mol. The Hall–Kier alpha value is -2.30. The number of nitrogens with zero attached hydrogens (tertiary/aromatic N) is 2. The van der Waals surface area contributed by atoms with Crippen LogP contribution in [0.2, 0.25) is 0 Å². The van der Waals surface area contributed by atoms with Crippen LogP contribution in [0.25, 0.3) is 10.9 Å². The lowest BCUT2D eigenvalue weighted by Crippen LogP contribution is -2.54. The first kappa shape index (κ1) is 16.6. The van der Waals surface area contributed by atoms with Crippen molar-refractivity contribution in [2.75, 3.05) is 14.2 Å². The molecular formula is C19H24N2O3. The zero-order valence-electron chi connectivity index (χ0n) is 14.5. The van der Waals surface area contributed by atoms with Gasteiger partial charge in [-0.1, -0.05) is 31.0 Å². The van der Waals surface area contributed by atoms with E-state index in [1.165, 1.54) is 7.11 Å². The van der Waals surface area contributed by atoms with E-state index in [4.69, 9.17) is 4.74 Å². The molecule has 3 rings (SSSR count). The number of benzene rings is 1. The third kappa shape index (κ3) is 2.58. The molecule has 0 radical (unpaired) electrons. The number of rotatable bonds is 4. The highest BCUT2D eigenvalue weighted by Crippen LogP contribution is 2.36. The molecule has 2 aromatic rings. The maximum atomic E-state index is 12.9. The second kappa shape index (κ2) is 6.30. The minimum Gasteiger partial charge on any atom is -0.467 e. The Morgan fingerprint density at radius 1 is 1.25 bits per heavy atom. The highest BCUT2D eigenvalue weighted by molar-refractivity contribution is 5.92. The van der Waals surface area contributed by atoms with E-state index in [0.717, 1.165) is 29.3 Å². The number of carbonyl (C=O) groups excluding carboxylic acids is 2. The number of esters is 1. The highest BCUT2D eigenvalue weighted by atomic mass is 16.5. The van der Waals surface area contributed by atoms with Crippen LogP contribution >= 0.6 is 0 Å². The smallest absolute Gasteiger partial charge is 0.331 e. The second-order valence-electron chi connectivity index (χ2n) is 6.64. The summed E-state index contributed by atoms with van der Waals surface area (Å²) in [4.78, 5) is 26.8. The van der Waals surface area contributed by atoms with Crippen molar-refractivity contribution in [3.8, 4) is 0 Å². The zero-order valence-corrected chi connectivity index (χ0v) is 14.5. The molecule has 1 aliphatic rings. The summed E-state index contributed by atoms with van der Waals surface area (Å²) in [6, 6.07) is 8.04. The number of aryl methyl sites for hydroxylation is 1. The number of aromatic nitrogens is 1. The molecule has 1 heterocycles. The van der Waals surface area contributed by atoms with Crippen LogP contribution in [0.15, 0.2) is 30.5 Å². The van der Waals surface area contributed by atoms with Gasteiger partial charge in [-0.05, 0) is 24.5 Å². The molecule has 0 aliphatic heterocycles. The number of ether oxygens (including phenoxy) is 1. The fraction of sp³-hybridized carbons (Fsp3) is 0.474. The first-order valence-corrected chi connectivity index (χ1v) is 8.37. The van der Waals surface area contributed by atoms with Crippen LogP contribution in [0.4, 0.5) is 0 Å². The van der Waals surface area contributed by atoms with Gasteiger partial charge in [0.15, 0.2) is 0 Å². The van der Waals surface area contributed by atoms with Crippen molar-refractivity contribution in [2.24, 2.45) is 7.05 Å². The molecule has 1 fully saturated rings. The molecule has 1 aliphatic carbocycles. The Bertz CT molecular complexity index is 772. The number of methoxy groups -OCH3 is 1. The molecule has 24 heavy (non-hydrogen) atoms. The second-order valence-corrected chi connectivity index (χ2v) is 6.64. The van der Waals surface area contributed by atoms with Crippen LogP contribution in [-0.4, -0.2) is 41.0 Å². The van der Waals surface area contributed by atoms with Crippen LogP contribution in [0.5, 0.6) is 0 Å². The molecule has 0 unspecified atom stereocenters. The number of para-hydroxylation sites is 1. The van der Waals surface area contributed by atoms with Crippen LogP contribution in [0.1, 0.15) is 31.2 Å². The normalized spacial score (nSPS) is 16.3. The lowest BCUT2D eigenvalue weighted by Gasteiger charge is -2.36. The first-order valence-electron chi connectivity index (χ1n) is 8.37. The standard InChI is InChI=1S/C19H24N2O3/c1-20-13-14(15-8-4-5-9-16(15)20)12-17(22)21(2)19(18(23)24-3)10-6-7-11-19/h4-5,8-9,13H,6-7,10-12H2,1-3H3. The average molecular weight is 328 g/mol. The molecular weight excluding hydrogens is 304 g/mol. The fourth-order valence-electron chi connectivity index (χ4n) is 3.91. The number of fused-ring (bicyclic) bond motifs is 1. The van der Waals surface area contributed by atoms with Gasteiger partial charge in [-0.25, -0.2) is 4.79 Å². The summed E-state index contributed by atoms with van der Waals surface area (Å²) in [6.07, 6.45) is 5.53. The molecule has 0 atom stereocenters. The fourth-order valence-corrected chi connectivity index (χ4v) is 3.91. The third-order valence-electron chi connectivity index (χ3n) is 5.33. The van der Waals surface area contributed by atoms with Crippen LogP contribution in [-0.2, 0) is 27.8 Å². The van der Waals surface area contributed by atoms with Crippen molar-refractivity contribution in [3.05, 3.63) is 36.0 Å². The van der Waals surface area contributed by atoms with Gasteiger partial charge in [-0.2, -0.15) is 0 Å². The summed E-state index contributed by atoms with van der Waals surface area (Å²) >= 11 is 0. The van der Waals surface area contributed by atoms with Crippen LogP contribution < -0.4 is 0 Å². The number of amides is 1. The van der Waals surface area contributed by atoms with Crippen molar-refractivity contribution in [1.82, 2.24) is 9.47 Å². The molecule has 0 spiro atoms. The minimum atomic E-state index is -0.795. The molecule has 0 bridgehead atoms. The Morgan fingerprint density at radius 2 is 1.92 bits per heavy atom. The van der Waals surface area contributed by atoms with Crippen molar-refractivity contribution in [1.29, 1.82) is 0 Å². The predicted octanol–water partition coefficient (Wildman–Crippen LogP) is 2.67. The lowest BCUT2D eigenvalue weighted by atomic mass is 9.94. The molecule has 1 aromatic heterocycles. The van der Waals surface area contributed by atoms with Gasteiger partial charge in [0.05, 0.1) is 13.5 Å². The van der Waals surface area contributed by atoms with Gasteiger partial charge >= 0.3 is 5.97 Å². The van der Waals surface area contributed by atoms with Crippen LogP contribution in [0.3, 0.4) is 0 Å². The average Bonchev–Trinajstić information content (AvgIpc) is 3.20. The van der Waals surface area contributed by atoms with Gasteiger partial charge in [0.1, 0.15) is 5.54 Å². The van der Waals surface area contributed by atoms with Gasteiger partial charge in [-0.15, -0.1) is 0 Å². The maximum absolute atomic E-state index is 12.9. The van der Waals surface area contributed by atoms with E-state index < -0.39 is 5.54 Å². The predicted molar refractivity (Wildman–Crippen MR) is 92.6 cm³/mol. The van der Waals surface area contributed by atoms with Gasteiger partial charge in [0.2, 0.25) is 5.91 Å². The molecule has 5 nitrogen and oxygen atoms in total. The van der Waals surface area contributed by atoms with Crippen molar-refractivity contribution < 1.29 is 14.3 Å². The first-order chi connectivity index (χ1) is 11.5. The maximum Gasteiger partial charge on any atom is 0.331 e. The Labute approximate surface area is 142 Å². The van der Waals surface area contributed by atoms with Gasteiger partial charge < -0.3 is 14.2 Å². The summed E-state index contributed by atoms with van der Waals surface area (Å²) < 4.78 is 7.03. The highest BCUT2D eigenvalue weighted by Gasteiger charge is 2.47. The van der Waals surface area contributed by atoms with Gasteiger partial charge in [0.25, 0.3) is 0 Å². The topological polar surface area (TPSA) is 51.5 Å². The summed E-state index contributed by atoms with van der Waals surface area (Å²) in [7, 11) is 5.11. The number of hydrogen-bond acceptors (Lipinski definition) is 3. The molecule has 0 saturated heterocycles. The van der Waals surface area contributed by atoms with E-state index in [9.17, 15) is 9.59 Å². The van der Waals surface area contributed by atoms with Gasteiger partial charge in [0, 0.05) is 31.2 Å². The zero-order chi connectivity index (χ0) is 17.3. The van der Waals surface area contributed by atoms with Gasteiger partial charge in [-0.3, -0.25) is 4.79 Å². The van der Waals surface area contributed by atoms with E-state index in [-0.39, 0.29) is 18.3 Å². The summed E-state index contributed by atoms with van der Waals surface area (Å²) in [6.45, 7) is 0. The van der Waals surface area contributed by atoms with Crippen LogP contribution in [0, 0.1) is 0 Å². The molecule has 1 amide bonds. The van der Waals surface area contributed by atoms with Crippen molar-refractivity contribution >= 4 is 22.8 Å². The van der Waals surface area contributed by atoms with E-state index in [1.54, 1.807) is 11.9 Å². The Kier molecular flexibility index (Phi) is 4.35. The summed E-state index contributed by atoms with van der Waals surface area (Å²) in [5.74, 6) is -0.340. The molecule has 1 aromatic carbocycles. The van der Waals surface area contributed by atoms with Crippen molar-refractivity contribution in [2.45, 2.75) is 37.6 Å². The SMILES string of the molecule is COC(=O)C1(N(C)C(=O)Cc2cn(C)c3ccccc23)CCCC1. The van der Waals surface area contributed by atoms with E-state index in [1.807, 2.05) is 42.1 Å².